The molecule has 6 heteroatoms. The van der Waals surface area contributed by atoms with E-state index in [9.17, 15) is 4.79 Å². The highest BCUT2D eigenvalue weighted by Gasteiger charge is 2.08. The fourth-order valence-corrected chi connectivity index (χ4v) is 2.39. The van der Waals surface area contributed by atoms with Crippen molar-refractivity contribution in [1.29, 1.82) is 0 Å². The number of thiol groups is 1. The van der Waals surface area contributed by atoms with Crippen molar-refractivity contribution in [2.24, 2.45) is 13.0 Å². The third kappa shape index (κ3) is 2.58. The Morgan fingerprint density at radius 2 is 2.22 bits per heavy atom. The van der Waals surface area contributed by atoms with E-state index >= 15 is 0 Å². The van der Waals surface area contributed by atoms with Crippen molar-refractivity contribution in [2.45, 2.75) is 26.3 Å². The van der Waals surface area contributed by atoms with Crippen LogP contribution < -0.4 is 5.56 Å². The molecule has 1 unspecified atom stereocenters. The summed E-state index contributed by atoms with van der Waals surface area (Å²) in [6.45, 7) is 2.88. The highest BCUT2D eigenvalue weighted by molar-refractivity contribution is 7.80. The molecule has 0 bridgehead atoms. The van der Waals surface area contributed by atoms with Gasteiger partial charge in [-0.1, -0.05) is 6.92 Å². The molecule has 0 fully saturated rings. The second-order valence-corrected chi connectivity index (χ2v) is 5.10. The molecular formula is C12H18N4OS. The van der Waals surface area contributed by atoms with Gasteiger partial charge in [-0.3, -0.25) is 14.0 Å². The van der Waals surface area contributed by atoms with E-state index in [4.69, 9.17) is 0 Å². The average Bonchev–Trinajstić information content (AvgIpc) is 2.72. The van der Waals surface area contributed by atoms with Gasteiger partial charge in [0.1, 0.15) is 5.39 Å². The summed E-state index contributed by atoms with van der Waals surface area (Å²) in [5, 5.41) is 4.64. The lowest BCUT2D eigenvalue weighted by atomic mass is 10.1. The fourth-order valence-electron chi connectivity index (χ4n) is 1.95. The normalized spacial score (nSPS) is 13.1. The minimum Gasteiger partial charge on any atom is -0.299 e. The molecule has 2 aromatic rings. The monoisotopic (exact) mass is 266 g/mol. The quantitative estimate of drug-likeness (QED) is 0.834. The number of aryl methyl sites for hydroxylation is 2. The van der Waals surface area contributed by atoms with Gasteiger partial charge in [0.2, 0.25) is 0 Å². The predicted molar refractivity (Wildman–Crippen MR) is 75.0 cm³/mol. The molecule has 0 N–H and O–H groups in total. The first kappa shape index (κ1) is 13.1. The second kappa shape index (κ2) is 5.56. The largest absolute Gasteiger partial charge is 0.299 e. The lowest BCUT2D eigenvalue weighted by Crippen LogP contribution is -2.21. The standard InChI is InChI=1S/C12H18N4OS/c1-9(4-6-18)3-5-16-8-13-11-10(12(16)17)7-14-15(11)2/h7-9,18H,3-6H2,1-2H3. The first-order chi connectivity index (χ1) is 8.63. The SMILES string of the molecule is CC(CCS)CCn1cnc2c(cnn2C)c1=O. The smallest absolute Gasteiger partial charge is 0.264 e. The van der Waals surface area contributed by atoms with Crippen LogP contribution in [0.25, 0.3) is 11.0 Å². The van der Waals surface area contributed by atoms with Crippen molar-refractivity contribution >= 4 is 23.7 Å². The molecule has 0 saturated heterocycles. The van der Waals surface area contributed by atoms with Gasteiger partial charge < -0.3 is 0 Å². The highest BCUT2D eigenvalue weighted by Crippen LogP contribution is 2.10. The van der Waals surface area contributed by atoms with E-state index in [0.717, 1.165) is 18.6 Å². The Hall–Kier alpha value is -1.30. The number of hydrogen-bond donors (Lipinski definition) is 1. The van der Waals surface area contributed by atoms with Gasteiger partial charge in [-0.15, -0.1) is 0 Å². The molecular weight excluding hydrogens is 248 g/mol. The number of aromatic nitrogens is 4. The van der Waals surface area contributed by atoms with Gasteiger partial charge in [0.15, 0.2) is 5.65 Å². The molecule has 0 aliphatic carbocycles. The van der Waals surface area contributed by atoms with Crippen molar-refractivity contribution in [3.63, 3.8) is 0 Å². The molecule has 0 aliphatic heterocycles. The zero-order valence-corrected chi connectivity index (χ0v) is 11.6. The predicted octanol–water partition coefficient (Wildman–Crippen LogP) is 1.48. The molecule has 0 aliphatic rings. The number of nitrogens with zero attached hydrogens (tertiary/aromatic N) is 4. The second-order valence-electron chi connectivity index (χ2n) is 4.65. The van der Waals surface area contributed by atoms with E-state index in [2.05, 4.69) is 29.6 Å². The lowest BCUT2D eigenvalue weighted by molar-refractivity contribution is 0.464. The maximum atomic E-state index is 12.2. The Morgan fingerprint density at radius 3 is 2.94 bits per heavy atom. The van der Waals surface area contributed by atoms with Gasteiger partial charge in [-0.2, -0.15) is 17.7 Å². The van der Waals surface area contributed by atoms with Gasteiger partial charge >= 0.3 is 0 Å². The van der Waals surface area contributed by atoms with Gasteiger partial charge in [0.05, 0.1) is 12.5 Å². The van der Waals surface area contributed by atoms with E-state index in [1.165, 1.54) is 0 Å². The lowest BCUT2D eigenvalue weighted by Gasteiger charge is -2.10. The van der Waals surface area contributed by atoms with Crippen LogP contribution in [0.5, 0.6) is 0 Å². The zero-order valence-electron chi connectivity index (χ0n) is 10.7. The Kier molecular flexibility index (Phi) is 4.06. The molecule has 98 valence electrons. The van der Waals surface area contributed by atoms with Gasteiger partial charge in [0.25, 0.3) is 5.56 Å². The third-order valence-electron chi connectivity index (χ3n) is 3.20. The van der Waals surface area contributed by atoms with Crippen LogP contribution in [-0.2, 0) is 13.6 Å². The van der Waals surface area contributed by atoms with Crippen LogP contribution in [-0.4, -0.2) is 25.1 Å². The van der Waals surface area contributed by atoms with E-state index in [1.54, 1.807) is 28.8 Å². The number of rotatable bonds is 5. The molecule has 2 rings (SSSR count). The van der Waals surface area contributed by atoms with Crippen LogP contribution in [0.3, 0.4) is 0 Å². The number of hydrogen-bond acceptors (Lipinski definition) is 4. The molecule has 18 heavy (non-hydrogen) atoms. The van der Waals surface area contributed by atoms with Crippen molar-refractivity contribution in [2.75, 3.05) is 5.75 Å². The van der Waals surface area contributed by atoms with E-state index in [0.29, 0.717) is 23.5 Å². The molecule has 2 heterocycles. The molecule has 2 aromatic heterocycles. The van der Waals surface area contributed by atoms with Crippen molar-refractivity contribution in [3.8, 4) is 0 Å². The molecule has 0 radical (unpaired) electrons. The van der Waals surface area contributed by atoms with E-state index < -0.39 is 0 Å². The van der Waals surface area contributed by atoms with Crippen LogP contribution in [0, 0.1) is 5.92 Å². The molecule has 5 nitrogen and oxygen atoms in total. The van der Waals surface area contributed by atoms with Crippen LogP contribution in [0.1, 0.15) is 19.8 Å². The summed E-state index contributed by atoms with van der Waals surface area (Å²) in [5.74, 6) is 1.45. The van der Waals surface area contributed by atoms with Gasteiger partial charge in [-0.05, 0) is 24.5 Å². The summed E-state index contributed by atoms with van der Waals surface area (Å²) in [6.07, 6.45) is 5.23. The third-order valence-corrected chi connectivity index (χ3v) is 3.46. The molecule has 0 aromatic carbocycles. The zero-order chi connectivity index (χ0) is 13.1. The topological polar surface area (TPSA) is 52.7 Å². The van der Waals surface area contributed by atoms with E-state index in [-0.39, 0.29) is 5.56 Å². The molecule has 0 saturated carbocycles. The van der Waals surface area contributed by atoms with Crippen LogP contribution in [0.4, 0.5) is 0 Å². The number of fused-ring (bicyclic) bond motifs is 1. The fraction of sp³-hybridized carbons (Fsp3) is 0.583. The summed E-state index contributed by atoms with van der Waals surface area (Å²) in [6, 6.07) is 0. The molecule has 0 spiro atoms. The van der Waals surface area contributed by atoms with Gasteiger partial charge in [0, 0.05) is 13.6 Å². The van der Waals surface area contributed by atoms with E-state index in [1.807, 2.05) is 0 Å². The summed E-state index contributed by atoms with van der Waals surface area (Å²) < 4.78 is 3.28. The van der Waals surface area contributed by atoms with Gasteiger partial charge in [-0.25, -0.2) is 4.98 Å². The Bertz CT molecular complexity index is 589. The minimum atomic E-state index is -0.00817. The maximum Gasteiger partial charge on any atom is 0.264 e. The Labute approximate surface area is 111 Å². The van der Waals surface area contributed by atoms with Crippen LogP contribution in [0.15, 0.2) is 17.3 Å². The van der Waals surface area contributed by atoms with Crippen molar-refractivity contribution < 1.29 is 0 Å². The Balaban J connectivity index is 2.19. The summed E-state index contributed by atoms with van der Waals surface area (Å²) >= 11 is 4.22. The first-order valence-electron chi connectivity index (χ1n) is 6.11. The van der Waals surface area contributed by atoms with Crippen molar-refractivity contribution in [3.05, 3.63) is 22.9 Å². The average molecular weight is 266 g/mol. The summed E-state index contributed by atoms with van der Waals surface area (Å²) in [4.78, 5) is 16.4. The minimum absolute atomic E-state index is 0.00817. The first-order valence-corrected chi connectivity index (χ1v) is 6.74. The summed E-state index contributed by atoms with van der Waals surface area (Å²) in [5.41, 5.74) is 0.630. The Morgan fingerprint density at radius 1 is 1.44 bits per heavy atom. The molecule has 1 atom stereocenters. The van der Waals surface area contributed by atoms with Crippen LogP contribution >= 0.6 is 12.6 Å². The molecule has 0 amide bonds. The van der Waals surface area contributed by atoms with Crippen LogP contribution in [0.2, 0.25) is 0 Å². The maximum absolute atomic E-state index is 12.2. The van der Waals surface area contributed by atoms with Crippen molar-refractivity contribution in [1.82, 2.24) is 19.3 Å². The summed E-state index contributed by atoms with van der Waals surface area (Å²) in [7, 11) is 1.79. The highest BCUT2D eigenvalue weighted by atomic mass is 32.1.